The second-order valence-corrected chi connectivity index (χ2v) is 10.1. The molecule has 2 heterocycles. The molecular weight excluding hydrogens is 468 g/mol. The van der Waals surface area contributed by atoms with Gasteiger partial charge in [-0.05, 0) is 40.5 Å². The maximum atomic E-state index is 5.16. The summed E-state index contributed by atoms with van der Waals surface area (Å²) in [6.45, 7) is 0. The lowest BCUT2D eigenvalue weighted by Gasteiger charge is -2.10. The third-order valence-electron chi connectivity index (χ3n) is 6.71. The highest BCUT2D eigenvalue weighted by atomic mass is 32.1. The van der Waals surface area contributed by atoms with Crippen molar-refractivity contribution in [2.45, 2.75) is 0 Å². The van der Waals surface area contributed by atoms with Crippen molar-refractivity contribution < 1.29 is 0 Å². The molecule has 3 heteroatoms. The number of hydrogen-bond donors (Lipinski definition) is 0. The molecule has 2 aromatic heterocycles. The maximum absolute atomic E-state index is 5.16. The highest BCUT2D eigenvalue weighted by Crippen LogP contribution is 2.39. The second-order valence-electron chi connectivity index (χ2n) is 9.07. The molecule has 0 saturated heterocycles. The van der Waals surface area contributed by atoms with E-state index in [1.807, 2.05) is 12.1 Å². The van der Waals surface area contributed by atoms with Crippen LogP contribution < -0.4 is 0 Å². The SMILES string of the molecule is c1ccc(-c2cccc(-c3cccc(-c4nc(-c5ccccc5)c5c(n4)sc4ccccc45)c3)c2)cc1. The van der Waals surface area contributed by atoms with E-state index >= 15 is 0 Å². The van der Waals surface area contributed by atoms with Gasteiger partial charge in [-0.15, -0.1) is 11.3 Å². The lowest BCUT2D eigenvalue weighted by molar-refractivity contribution is 1.24. The summed E-state index contributed by atoms with van der Waals surface area (Å²) in [5.41, 5.74) is 7.84. The summed E-state index contributed by atoms with van der Waals surface area (Å²) in [5, 5.41) is 2.33. The highest BCUT2D eigenvalue weighted by molar-refractivity contribution is 7.25. The Morgan fingerprint density at radius 1 is 0.432 bits per heavy atom. The summed E-state index contributed by atoms with van der Waals surface area (Å²) in [4.78, 5) is 11.3. The van der Waals surface area contributed by atoms with E-state index in [9.17, 15) is 0 Å². The van der Waals surface area contributed by atoms with Crippen LogP contribution in [0.5, 0.6) is 0 Å². The number of nitrogens with zero attached hydrogens (tertiary/aromatic N) is 2. The molecule has 2 nitrogen and oxygen atoms in total. The van der Waals surface area contributed by atoms with Crippen molar-refractivity contribution in [3.63, 3.8) is 0 Å². The van der Waals surface area contributed by atoms with E-state index in [-0.39, 0.29) is 0 Å². The zero-order valence-corrected chi connectivity index (χ0v) is 20.8. The van der Waals surface area contributed by atoms with Crippen molar-refractivity contribution in [3.8, 4) is 44.9 Å². The number of aromatic nitrogens is 2. The van der Waals surface area contributed by atoms with Crippen LogP contribution >= 0.6 is 11.3 Å². The standard InChI is InChI=1S/C34H22N2S/c1-3-11-23(12-4-1)25-15-9-16-26(21-25)27-17-10-18-28(22-27)33-35-32(24-13-5-2-6-14-24)31-29-19-7-8-20-30(29)37-34(31)36-33/h1-22H. The van der Waals surface area contributed by atoms with Crippen molar-refractivity contribution in [1.29, 1.82) is 0 Å². The van der Waals surface area contributed by atoms with Gasteiger partial charge in [-0.25, -0.2) is 9.97 Å². The van der Waals surface area contributed by atoms with Gasteiger partial charge in [-0.2, -0.15) is 0 Å². The average molecular weight is 491 g/mol. The zero-order valence-electron chi connectivity index (χ0n) is 20.0. The Morgan fingerprint density at radius 3 is 1.70 bits per heavy atom. The molecule has 37 heavy (non-hydrogen) atoms. The summed E-state index contributed by atoms with van der Waals surface area (Å²) in [7, 11) is 0. The molecule has 0 aliphatic heterocycles. The van der Waals surface area contributed by atoms with Gasteiger partial charge in [0.15, 0.2) is 5.82 Å². The fraction of sp³-hybridized carbons (Fsp3) is 0. The monoisotopic (exact) mass is 490 g/mol. The molecular formula is C34H22N2S. The van der Waals surface area contributed by atoms with Crippen LogP contribution in [-0.2, 0) is 0 Å². The van der Waals surface area contributed by atoms with E-state index in [0.29, 0.717) is 0 Å². The molecule has 0 spiro atoms. The average Bonchev–Trinajstić information content (AvgIpc) is 3.36. The van der Waals surface area contributed by atoms with Gasteiger partial charge in [0, 0.05) is 26.6 Å². The Balaban J connectivity index is 1.39. The van der Waals surface area contributed by atoms with Crippen LogP contribution in [0.15, 0.2) is 133 Å². The molecule has 5 aromatic carbocycles. The number of fused-ring (bicyclic) bond motifs is 3. The smallest absolute Gasteiger partial charge is 0.161 e. The van der Waals surface area contributed by atoms with E-state index in [0.717, 1.165) is 38.4 Å². The topological polar surface area (TPSA) is 25.8 Å². The first kappa shape index (κ1) is 21.7. The fourth-order valence-electron chi connectivity index (χ4n) is 4.90. The van der Waals surface area contributed by atoms with E-state index in [2.05, 4.69) is 121 Å². The van der Waals surface area contributed by atoms with Gasteiger partial charge < -0.3 is 0 Å². The molecule has 0 saturated carbocycles. The molecule has 0 amide bonds. The predicted octanol–water partition coefficient (Wildman–Crippen LogP) is 9.51. The molecule has 0 N–H and O–H groups in total. The van der Waals surface area contributed by atoms with E-state index in [4.69, 9.17) is 9.97 Å². The minimum atomic E-state index is 0.749. The summed E-state index contributed by atoms with van der Waals surface area (Å²) >= 11 is 1.73. The van der Waals surface area contributed by atoms with Crippen molar-refractivity contribution in [1.82, 2.24) is 9.97 Å². The molecule has 0 bridgehead atoms. The summed E-state index contributed by atoms with van der Waals surface area (Å²) in [6, 6.07) is 46.7. The van der Waals surface area contributed by atoms with Crippen LogP contribution in [0, 0.1) is 0 Å². The number of rotatable bonds is 4. The predicted molar refractivity (Wildman–Crippen MR) is 157 cm³/mol. The van der Waals surface area contributed by atoms with Crippen molar-refractivity contribution in [2.24, 2.45) is 0 Å². The molecule has 0 fully saturated rings. The molecule has 0 radical (unpaired) electrons. The molecule has 7 rings (SSSR count). The lowest BCUT2D eigenvalue weighted by atomic mass is 9.98. The van der Waals surface area contributed by atoms with E-state index in [1.54, 1.807) is 11.3 Å². The molecule has 0 unspecified atom stereocenters. The minimum Gasteiger partial charge on any atom is -0.227 e. The Bertz CT molecular complexity index is 1870. The number of hydrogen-bond acceptors (Lipinski definition) is 3. The van der Waals surface area contributed by atoms with Gasteiger partial charge in [-0.1, -0.05) is 115 Å². The van der Waals surface area contributed by atoms with Crippen LogP contribution in [0.3, 0.4) is 0 Å². The van der Waals surface area contributed by atoms with Crippen LogP contribution in [0.1, 0.15) is 0 Å². The first-order valence-electron chi connectivity index (χ1n) is 12.3. The van der Waals surface area contributed by atoms with E-state index < -0.39 is 0 Å². The molecule has 7 aromatic rings. The van der Waals surface area contributed by atoms with Gasteiger partial charge in [-0.3, -0.25) is 0 Å². The maximum Gasteiger partial charge on any atom is 0.161 e. The van der Waals surface area contributed by atoms with Crippen molar-refractivity contribution in [3.05, 3.63) is 133 Å². The van der Waals surface area contributed by atoms with Crippen LogP contribution in [0.25, 0.3) is 65.2 Å². The Labute approximate surface area is 219 Å². The van der Waals surface area contributed by atoms with Crippen LogP contribution in [0.2, 0.25) is 0 Å². The molecule has 0 aliphatic carbocycles. The molecule has 0 aliphatic rings. The largest absolute Gasteiger partial charge is 0.227 e. The third-order valence-corrected chi connectivity index (χ3v) is 7.77. The van der Waals surface area contributed by atoms with Gasteiger partial charge in [0.05, 0.1) is 5.69 Å². The Morgan fingerprint density at radius 2 is 0.973 bits per heavy atom. The second kappa shape index (κ2) is 9.12. The highest BCUT2D eigenvalue weighted by Gasteiger charge is 2.16. The van der Waals surface area contributed by atoms with Gasteiger partial charge in [0.25, 0.3) is 0 Å². The molecule has 174 valence electrons. The van der Waals surface area contributed by atoms with Crippen molar-refractivity contribution in [2.75, 3.05) is 0 Å². The minimum absolute atomic E-state index is 0.749. The first-order chi connectivity index (χ1) is 18.3. The summed E-state index contributed by atoms with van der Waals surface area (Å²) < 4.78 is 1.23. The Hall–Kier alpha value is -4.60. The van der Waals surface area contributed by atoms with Crippen LogP contribution in [-0.4, -0.2) is 9.97 Å². The van der Waals surface area contributed by atoms with Crippen LogP contribution in [0.4, 0.5) is 0 Å². The third kappa shape index (κ3) is 4.00. The van der Waals surface area contributed by atoms with Crippen molar-refractivity contribution >= 4 is 31.6 Å². The summed E-state index contributed by atoms with van der Waals surface area (Å²) in [6.07, 6.45) is 0. The normalized spacial score (nSPS) is 11.2. The summed E-state index contributed by atoms with van der Waals surface area (Å²) in [5.74, 6) is 0.749. The van der Waals surface area contributed by atoms with Gasteiger partial charge >= 0.3 is 0 Å². The van der Waals surface area contributed by atoms with E-state index in [1.165, 1.54) is 26.8 Å². The Kier molecular flexibility index (Phi) is 5.34. The number of benzene rings is 5. The van der Waals surface area contributed by atoms with Gasteiger partial charge in [0.1, 0.15) is 4.83 Å². The zero-order chi connectivity index (χ0) is 24.6. The number of thiophene rings is 1. The quantitative estimate of drug-likeness (QED) is 0.245. The lowest BCUT2D eigenvalue weighted by Crippen LogP contribution is -1.94. The fourth-order valence-corrected chi connectivity index (χ4v) is 5.98. The molecule has 0 atom stereocenters. The van der Waals surface area contributed by atoms with Gasteiger partial charge in [0.2, 0.25) is 0 Å². The first-order valence-corrected chi connectivity index (χ1v) is 13.2.